The average Bonchev–Trinajstić information content (AvgIpc) is 2.84. The van der Waals surface area contributed by atoms with E-state index in [9.17, 15) is 0 Å². The van der Waals surface area contributed by atoms with Crippen molar-refractivity contribution < 1.29 is 4.42 Å². The molecular weight excluding hydrogens is 258 g/mol. The Morgan fingerprint density at radius 2 is 2.47 bits per heavy atom. The van der Waals surface area contributed by atoms with Crippen molar-refractivity contribution in [3.05, 3.63) is 22.6 Å². The molecule has 0 saturated carbocycles. The van der Waals surface area contributed by atoms with Crippen LogP contribution in [0.25, 0.3) is 11.2 Å². The van der Waals surface area contributed by atoms with Gasteiger partial charge in [0, 0.05) is 10.7 Å². The lowest BCUT2D eigenvalue weighted by molar-refractivity contribution is 0.447. The molecule has 1 saturated heterocycles. The Kier molecular flexibility index (Phi) is 2.21. The number of hydrogen-bond acceptors (Lipinski definition) is 4. The molecule has 0 radical (unpaired) electrons. The zero-order valence-corrected chi connectivity index (χ0v) is 9.62. The van der Waals surface area contributed by atoms with Crippen molar-refractivity contribution in [3.63, 3.8) is 0 Å². The van der Waals surface area contributed by atoms with E-state index in [0.717, 1.165) is 28.8 Å². The number of nitrogens with one attached hydrogen (secondary N) is 1. The molecule has 0 bridgehead atoms. The van der Waals surface area contributed by atoms with E-state index in [1.807, 2.05) is 6.07 Å². The van der Waals surface area contributed by atoms with Gasteiger partial charge in [0.15, 0.2) is 0 Å². The molecule has 1 aliphatic rings. The predicted octanol–water partition coefficient (Wildman–Crippen LogP) is 2.41. The van der Waals surface area contributed by atoms with E-state index in [4.69, 9.17) is 4.42 Å². The maximum Gasteiger partial charge on any atom is 0.247 e. The second-order valence-corrected chi connectivity index (χ2v) is 4.59. The van der Waals surface area contributed by atoms with Crippen molar-refractivity contribution >= 4 is 27.2 Å². The van der Waals surface area contributed by atoms with Crippen LogP contribution in [0.1, 0.15) is 24.8 Å². The molecule has 1 atom stereocenters. The number of pyridine rings is 1. The minimum atomic E-state index is 0.262. The first-order chi connectivity index (χ1) is 7.33. The first-order valence-corrected chi connectivity index (χ1v) is 5.77. The van der Waals surface area contributed by atoms with Crippen molar-refractivity contribution in [3.8, 4) is 0 Å². The topological polar surface area (TPSA) is 51.0 Å². The molecule has 5 heteroatoms. The Labute approximate surface area is 95.2 Å². The Hall–Kier alpha value is -0.940. The molecule has 0 amide bonds. The zero-order valence-electron chi connectivity index (χ0n) is 8.03. The zero-order chi connectivity index (χ0) is 10.3. The van der Waals surface area contributed by atoms with Crippen molar-refractivity contribution in [2.75, 3.05) is 6.54 Å². The van der Waals surface area contributed by atoms with Crippen LogP contribution in [0.15, 0.2) is 21.2 Å². The molecule has 0 aliphatic carbocycles. The van der Waals surface area contributed by atoms with Gasteiger partial charge in [0.2, 0.25) is 11.6 Å². The fourth-order valence-corrected chi connectivity index (χ4v) is 2.18. The minimum Gasteiger partial charge on any atom is -0.421 e. The minimum absolute atomic E-state index is 0.262. The van der Waals surface area contributed by atoms with Crippen LogP contribution in [0.5, 0.6) is 0 Å². The van der Waals surface area contributed by atoms with Crippen LogP contribution < -0.4 is 5.32 Å². The number of halogens is 1. The molecule has 3 heterocycles. The second-order valence-electron chi connectivity index (χ2n) is 3.68. The number of oxazole rings is 1. The van der Waals surface area contributed by atoms with Crippen molar-refractivity contribution in [1.82, 2.24) is 15.3 Å². The highest BCUT2D eigenvalue weighted by Gasteiger charge is 2.21. The molecule has 1 N–H and O–H groups in total. The summed E-state index contributed by atoms with van der Waals surface area (Å²) in [6, 6.07) is 2.18. The number of fused-ring (bicyclic) bond motifs is 1. The third-order valence-electron chi connectivity index (χ3n) is 2.59. The Morgan fingerprint density at radius 3 is 3.27 bits per heavy atom. The fourth-order valence-electron chi connectivity index (χ4n) is 1.86. The lowest BCUT2D eigenvalue weighted by Gasteiger charge is -2.02. The summed E-state index contributed by atoms with van der Waals surface area (Å²) in [5, 5.41) is 3.35. The SMILES string of the molecule is Brc1cnc2oc(C3CCCN3)nc2c1. The highest BCUT2D eigenvalue weighted by atomic mass is 79.9. The molecule has 2 aromatic heterocycles. The molecular formula is C10H10BrN3O. The Morgan fingerprint density at radius 1 is 1.53 bits per heavy atom. The molecule has 1 unspecified atom stereocenters. The molecule has 3 rings (SSSR count). The molecule has 2 aromatic rings. The molecule has 1 aliphatic heterocycles. The summed E-state index contributed by atoms with van der Waals surface area (Å²) in [7, 11) is 0. The van der Waals surface area contributed by atoms with E-state index in [-0.39, 0.29) is 6.04 Å². The van der Waals surface area contributed by atoms with E-state index >= 15 is 0 Å². The van der Waals surface area contributed by atoms with Crippen LogP contribution in [-0.2, 0) is 0 Å². The first-order valence-electron chi connectivity index (χ1n) is 4.98. The van der Waals surface area contributed by atoms with Gasteiger partial charge in [-0.25, -0.2) is 9.97 Å². The summed E-state index contributed by atoms with van der Waals surface area (Å²) in [5.74, 6) is 0.758. The standard InChI is InChI=1S/C10H10BrN3O/c11-6-4-8-9(13-5-6)15-10(14-8)7-2-1-3-12-7/h4-5,7,12H,1-3H2. The second kappa shape index (κ2) is 3.57. The average molecular weight is 268 g/mol. The predicted molar refractivity (Wildman–Crippen MR) is 59.5 cm³/mol. The van der Waals surface area contributed by atoms with Gasteiger partial charge < -0.3 is 9.73 Å². The maximum absolute atomic E-state index is 5.60. The van der Waals surface area contributed by atoms with Gasteiger partial charge in [0.1, 0.15) is 5.52 Å². The van der Waals surface area contributed by atoms with E-state index in [0.29, 0.717) is 5.71 Å². The number of rotatable bonds is 1. The Bertz CT molecular complexity index is 490. The quantitative estimate of drug-likeness (QED) is 0.862. The highest BCUT2D eigenvalue weighted by molar-refractivity contribution is 9.10. The normalized spacial score (nSPS) is 21.3. The van der Waals surface area contributed by atoms with Gasteiger partial charge in [-0.2, -0.15) is 0 Å². The lowest BCUT2D eigenvalue weighted by atomic mass is 10.2. The van der Waals surface area contributed by atoms with Crippen molar-refractivity contribution in [1.29, 1.82) is 0 Å². The van der Waals surface area contributed by atoms with E-state index in [1.165, 1.54) is 6.42 Å². The van der Waals surface area contributed by atoms with Gasteiger partial charge in [0.25, 0.3) is 0 Å². The summed E-state index contributed by atoms with van der Waals surface area (Å²) in [5.41, 5.74) is 1.43. The third-order valence-corrected chi connectivity index (χ3v) is 3.02. The van der Waals surface area contributed by atoms with Crippen molar-refractivity contribution in [2.24, 2.45) is 0 Å². The third kappa shape index (κ3) is 1.66. The van der Waals surface area contributed by atoms with E-state index < -0.39 is 0 Å². The van der Waals surface area contributed by atoms with Gasteiger partial charge in [-0.05, 0) is 41.4 Å². The highest BCUT2D eigenvalue weighted by Crippen LogP contribution is 2.26. The van der Waals surface area contributed by atoms with E-state index in [1.54, 1.807) is 6.20 Å². The molecule has 1 fully saturated rings. The first kappa shape index (κ1) is 9.30. The van der Waals surface area contributed by atoms with Gasteiger partial charge in [-0.15, -0.1) is 0 Å². The molecule has 15 heavy (non-hydrogen) atoms. The maximum atomic E-state index is 5.60. The van der Waals surface area contributed by atoms with Gasteiger partial charge in [-0.3, -0.25) is 0 Å². The van der Waals surface area contributed by atoms with Crippen LogP contribution >= 0.6 is 15.9 Å². The monoisotopic (exact) mass is 267 g/mol. The summed E-state index contributed by atoms with van der Waals surface area (Å²) in [6.45, 7) is 1.04. The smallest absolute Gasteiger partial charge is 0.247 e. The summed E-state index contributed by atoms with van der Waals surface area (Å²) >= 11 is 3.37. The number of nitrogens with zero attached hydrogens (tertiary/aromatic N) is 2. The largest absolute Gasteiger partial charge is 0.421 e. The number of hydrogen-bond donors (Lipinski definition) is 1. The van der Waals surface area contributed by atoms with Crippen LogP contribution in [0.3, 0.4) is 0 Å². The molecule has 4 nitrogen and oxygen atoms in total. The molecule has 78 valence electrons. The van der Waals surface area contributed by atoms with Crippen LogP contribution in [0, 0.1) is 0 Å². The van der Waals surface area contributed by atoms with E-state index in [2.05, 4.69) is 31.2 Å². The molecule has 0 aromatic carbocycles. The number of aromatic nitrogens is 2. The van der Waals surface area contributed by atoms with Gasteiger partial charge in [0.05, 0.1) is 6.04 Å². The van der Waals surface area contributed by atoms with Gasteiger partial charge in [-0.1, -0.05) is 0 Å². The van der Waals surface area contributed by atoms with Crippen LogP contribution in [0.4, 0.5) is 0 Å². The molecule has 0 spiro atoms. The van der Waals surface area contributed by atoms with Gasteiger partial charge >= 0.3 is 0 Å². The van der Waals surface area contributed by atoms with Crippen LogP contribution in [0.2, 0.25) is 0 Å². The van der Waals surface area contributed by atoms with Crippen LogP contribution in [-0.4, -0.2) is 16.5 Å². The van der Waals surface area contributed by atoms with Crippen molar-refractivity contribution in [2.45, 2.75) is 18.9 Å². The summed E-state index contributed by atoms with van der Waals surface area (Å²) < 4.78 is 6.53. The lowest BCUT2D eigenvalue weighted by Crippen LogP contribution is -2.12. The fraction of sp³-hybridized carbons (Fsp3) is 0.400. The summed E-state index contributed by atoms with van der Waals surface area (Å²) in [6.07, 6.45) is 3.99. The summed E-state index contributed by atoms with van der Waals surface area (Å²) in [4.78, 5) is 8.60. The Balaban J connectivity index is 2.05.